The first-order valence-electron chi connectivity index (χ1n) is 4.46. The fourth-order valence-electron chi connectivity index (χ4n) is 1.14. The Kier molecular flexibility index (Phi) is 3.82. The van der Waals surface area contributed by atoms with Gasteiger partial charge in [-0.3, -0.25) is 10.6 Å². The quantitative estimate of drug-likeness (QED) is 0.333. The lowest BCUT2D eigenvalue weighted by Crippen LogP contribution is -2.14. The van der Waals surface area contributed by atoms with Gasteiger partial charge in [0.25, 0.3) is 0 Å². The Balaban J connectivity index is 3.11. The Bertz CT molecular complexity index is 377. The molecule has 0 heterocycles. The van der Waals surface area contributed by atoms with Crippen molar-refractivity contribution in [2.75, 3.05) is 12.0 Å². The van der Waals surface area contributed by atoms with Gasteiger partial charge in [0.1, 0.15) is 6.29 Å². The van der Waals surface area contributed by atoms with E-state index in [0.29, 0.717) is 17.5 Å². The van der Waals surface area contributed by atoms with Crippen molar-refractivity contribution >= 4 is 17.9 Å². The molecule has 0 aliphatic heterocycles. The average Bonchev–Trinajstić information content (AvgIpc) is 2.28. The first kappa shape index (κ1) is 11.2. The van der Waals surface area contributed by atoms with Crippen molar-refractivity contribution in [2.45, 2.75) is 6.92 Å². The van der Waals surface area contributed by atoms with Crippen LogP contribution in [0.4, 0.5) is 5.69 Å². The number of nitrogens with two attached hydrogens (primary N) is 1. The molecule has 15 heavy (non-hydrogen) atoms. The summed E-state index contributed by atoms with van der Waals surface area (Å²) in [7, 11) is 0. The van der Waals surface area contributed by atoms with Crippen LogP contribution in [0.2, 0.25) is 0 Å². The van der Waals surface area contributed by atoms with Crippen LogP contribution in [0.15, 0.2) is 18.2 Å². The number of aldehydes is 1. The number of carbonyl (C=O) groups is 2. The topological polar surface area (TPSA) is 81.4 Å². The second-order valence-corrected chi connectivity index (χ2v) is 2.79. The molecule has 1 rings (SSSR count). The molecule has 0 radical (unpaired) electrons. The lowest BCUT2D eigenvalue weighted by molar-refractivity contribution is 0.0527. The molecule has 0 atom stereocenters. The SMILES string of the molecule is CCOC(=O)c1cc(C=O)ccc1NN. The lowest BCUT2D eigenvalue weighted by atomic mass is 10.1. The summed E-state index contributed by atoms with van der Waals surface area (Å²) in [5.41, 5.74) is 3.45. The van der Waals surface area contributed by atoms with Crippen LogP contribution in [0.5, 0.6) is 0 Å². The van der Waals surface area contributed by atoms with Crippen molar-refractivity contribution in [1.29, 1.82) is 0 Å². The molecule has 0 saturated heterocycles. The van der Waals surface area contributed by atoms with E-state index in [9.17, 15) is 9.59 Å². The van der Waals surface area contributed by atoms with Crippen molar-refractivity contribution < 1.29 is 14.3 Å². The van der Waals surface area contributed by atoms with Crippen LogP contribution in [0.3, 0.4) is 0 Å². The van der Waals surface area contributed by atoms with Crippen LogP contribution < -0.4 is 11.3 Å². The van der Waals surface area contributed by atoms with Crippen LogP contribution in [-0.2, 0) is 4.74 Å². The Morgan fingerprint density at radius 1 is 1.60 bits per heavy atom. The number of hydrogen-bond acceptors (Lipinski definition) is 5. The van der Waals surface area contributed by atoms with Crippen molar-refractivity contribution in [2.24, 2.45) is 5.84 Å². The molecule has 5 heteroatoms. The number of carbonyl (C=O) groups excluding carboxylic acids is 2. The van der Waals surface area contributed by atoms with E-state index in [0.717, 1.165) is 0 Å². The summed E-state index contributed by atoms with van der Waals surface area (Å²) >= 11 is 0. The summed E-state index contributed by atoms with van der Waals surface area (Å²) in [6.07, 6.45) is 0.656. The molecule has 0 aliphatic rings. The molecule has 0 unspecified atom stereocenters. The van der Waals surface area contributed by atoms with Gasteiger partial charge in [-0.15, -0.1) is 0 Å². The monoisotopic (exact) mass is 208 g/mol. The molecule has 0 fully saturated rings. The molecule has 0 bridgehead atoms. The van der Waals surface area contributed by atoms with Crippen LogP contribution in [-0.4, -0.2) is 18.9 Å². The van der Waals surface area contributed by atoms with Gasteiger partial charge in [0, 0.05) is 5.56 Å². The van der Waals surface area contributed by atoms with Gasteiger partial charge in [0.2, 0.25) is 0 Å². The maximum atomic E-state index is 11.5. The first-order chi connectivity index (χ1) is 7.22. The summed E-state index contributed by atoms with van der Waals surface area (Å²) < 4.78 is 4.82. The fraction of sp³-hybridized carbons (Fsp3) is 0.200. The highest BCUT2D eigenvalue weighted by Gasteiger charge is 2.12. The number of nitrogen functional groups attached to an aromatic ring is 1. The standard InChI is InChI=1S/C10H12N2O3/c1-2-15-10(14)8-5-7(6-13)3-4-9(8)12-11/h3-6,12H,2,11H2,1H3. The third-order valence-corrected chi connectivity index (χ3v) is 1.83. The highest BCUT2D eigenvalue weighted by Crippen LogP contribution is 2.16. The van der Waals surface area contributed by atoms with Crippen molar-refractivity contribution in [3.63, 3.8) is 0 Å². The van der Waals surface area contributed by atoms with Gasteiger partial charge in [-0.05, 0) is 25.1 Å². The van der Waals surface area contributed by atoms with E-state index >= 15 is 0 Å². The van der Waals surface area contributed by atoms with Crippen LogP contribution in [0.1, 0.15) is 27.6 Å². The second-order valence-electron chi connectivity index (χ2n) is 2.79. The molecule has 80 valence electrons. The molecule has 3 N–H and O–H groups in total. The molecule has 1 aromatic carbocycles. The van der Waals surface area contributed by atoms with Gasteiger partial charge in [-0.25, -0.2) is 4.79 Å². The molecule has 5 nitrogen and oxygen atoms in total. The number of hydrazine groups is 1. The predicted octanol–water partition coefficient (Wildman–Crippen LogP) is 0.961. The van der Waals surface area contributed by atoms with Gasteiger partial charge < -0.3 is 10.2 Å². The minimum Gasteiger partial charge on any atom is -0.462 e. The predicted molar refractivity (Wildman–Crippen MR) is 55.6 cm³/mol. The average molecular weight is 208 g/mol. The molecule has 0 aromatic heterocycles. The van der Waals surface area contributed by atoms with E-state index in [1.54, 1.807) is 19.1 Å². The third kappa shape index (κ3) is 2.54. The van der Waals surface area contributed by atoms with E-state index < -0.39 is 5.97 Å². The Morgan fingerprint density at radius 2 is 2.33 bits per heavy atom. The number of benzene rings is 1. The zero-order valence-electron chi connectivity index (χ0n) is 8.32. The number of rotatable bonds is 4. The highest BCUT2D eigenvalue weighted by molar-refractivity contribution is 5.97. The summed E-state index contributed by atoms with van der Waals surface area (Å²) in [5.74, 6) is 4.72. The molecular weight excluding hydrogens is 196 g/mol. The lowest BCUT2D eigenvalue weighted by Gasteiger charge is -2.08. The van der Waals surface area contributed by atoms with E-state index in [4.69, 9.17) is 10.6 Å². The van der Waals surface area contributed by atoms with Gasteiger partial charge in [-0.2, -0.15) is 0 Å². The summed E-state index contributed by atoms with van der Waals surface area (Å²) in [6.45, 7) is 1.98. The molecule has 0 spiro atoms. The molecule has 0 amide bonds. The Labute approximate surface area is 87.2 Å². The van der Waals surface area contributed by atoms with Gasteiger partial charge >= 0.3 is 5.97 Å². The molecule has 0 aliphatic carbocycles. The minimum absolute atomic E-state index is 0.254. The van der Waals surface area contributed by atoms with Gasteiger partial charge in [0.05, 0.1) is 17.9 Å². The molecule has 0 saturated carbocycles. The highest BCUT2D eigenvalue weighted by atomic mass is 16.5. The largest absolute Gasteiger partial charge is 0.462 e. The summed E-state index contributed by atoms with van der Waals surface area (Å²) in [6, 6.07) is 4.54. The Morgan fingerprint density at radius 3 is 2.87 bits per heavy atom. The normalized spacial score (nSPS) is 9.47. The van der Waals surface area contributed by atoms with E-state index in [2.05, 4.69) is 5.43 Å². The van der Waals surface area contributed by atoms with Crippen LogP contribution >= 0.6 is 0 Å². The number of hydrogen-bond donors (Lipinski definition) is 2. The number of ether oxygens (including phenoxy) is 1. The minimum atomic E-state index is -0.505. The summed E-state index contributed by atoms with van der Waals surface area (Å²) in [4.78, 5) is 22.0. The fourth-order valence-corrected chi connectivity index (χ4v) is 1.14. The van der Waals surface area contributed by atoms with E-state index in [-0.39, 0.29) is 12.2 Å². The van der Waals surface area contributed by atoms with Gasteiger partial charge in [0.15, 0.2) is 0 Å². The third-order valence-electron chi connectivity index (χ3n) is 1.83. The number of nitrogens with one attached hydrogen (secondary N) is 1. The van der Waals surface area contributed by atoms with Crippen molar-refractivity contribution in [3.8, 4) is 0 Å². The smallest absolute Gasteiger partial charge is 0.340 e. The first-order valence-corrected chi connectivity index (χ1v) is 4.46. The van der Waals surface area contributed by atoms with Crippen molar-refractivity contribution in [1.82, 2.24) is 0 Å². The summed E-state index contributed by atoms with van der Waals surface area (Å²) in [5, 5.41) is 0. The number of esters is 1. The Hall–Kier alpha value is -1.88. The van der Waals surface area contributed by atoms with Crippen LogP contribution in [0.25, 0.3) is 0 Å². The zero-order chi connectivity index (χ0) is 11.3. The van der Waals surface area contributed by atoms with Gasteiger partial charge in [-0.1, -0.05) is 0 Å². The zero-order valence-corrected chi connectivity index (χ0v) is 8.32. The second kappa shape index (κ2) is 5.11. The maximum Gasteiger partial charge on any atom is 0.340 e. The maximum absolute atomic E-state index is 11.5. The number of anilines is 1. The van der Waals surface area contributed by atoms with Crippen molar-refractivity contribution in [3.05, 3.63) is 29.3 Å². The van der Waals surface area contributed by atoms with Crippen LogP contribution in [0, 0.1) is 0 Å². The molecule has 1 aromatic rings. The molecular formula is C10H12N2O3. The van der Waals surface area contributed by atoms with E-state index in [1.807, 2.05) is 0 Å². The van der Waals surface area contributed by atoms with E-state index in [1.165, 1.54) is 6.07 Å².